The number of morpholine rings is 1. The van der Waals surface area contributed by atoms with Gasteiger partial charge in [0, 0.05) is 44.0 Å². The van der Waals surface area contributed by atoms with Crippen molar-refractivity contribution in [2.75, 3.05) is 37.7 Å². The minimum absolute atomic E-state index is 0.334. The molecule has 4 heterocycles. The van der Waals surface area contributed by atoms with Crippen LogP contribution in [0.5, 0.6) is 0 Å². The molecule has 0 atom stereocenters. The van der Waals surface area contributed by atoms with Crippen LogP contribution in [-0.2, 0) is 29.5 Å². The number of ether oxygens (including phenoxy) is 2. The van der Waals surface area contributed by atoms with Crippen LogP contribution in [0.2, 0.25) is 0 Å². The molecule has 0 bridgehead atoms. The molecule has 2 aliphatic rings. The first-order valence-corrected chi connectivity index (χ1v) is 12.6. The van der Waals surface area contributed by atoms with Crippen LogP contribution in [0, 0.1) is 11.8 Å². The lowest BCUT2D eigenvalue weighted by atomic mass is 10.0. The molecule has 9 nitrogen and oxygen atoms in total. The van der Waals surface area contributed by atoms with Crippen molar-refractivity contribution >= 4 is 11.9 Å². The molecule has 37 heavy (non-hydrogen) atoms. The Hall–Kier alpha value is -3.90. The Morgan fingerprint density at radius 1 is 1.03 bits per heavy atom. The monoisotopic (exact) mass is 500 g/mol. The Labute approximate surface area is 217 Å². The average Bonchev–Trinajstić information content (AvgIpc) is 3.27. The van der Waals surface area contributed by atoms with E-state index in [-0.39, 0.29) is 6.09 Å². The highest BCUT2D eigenvalue weighted by atomic mass is 16.6. The number of fused-ring (bicyclic) bond motifs is 1. The third kappa shape index (κ3) is 5.75. The van der Waals surface area contributed by atoms with E-state index in [9.17, 15) is 4.79 Å². The van der Waals surface area contributed by atoms with Gasteiger partial charge in [-0.3, -0.25) is 0 Å². The van der Waals surface area contributed by atoms with E-state index < -0.39 is 5.60 Å². The zero-order valence-electron chi connectivity index (χ0n) is 21.8. The van der Waals surface area contributed by atoms with Crippen LogP contribution in [0.3, 0.4) is 0 Å². The second kappa shape index (κ2) is 10.2. The van der Waals surface area contributed by atoms with Gasteiger partial charge < -0.3 is 23.8 Å². The fourth-order valence-electron chi connectivity index (χ4n) is 4.43. The first-order valence-electron chi connectivity index (χ1n) is 12.6. The van der Waals surface area contributed by atoms with Crippen LogP contribution in [0.25, 0.3) is 11.3 Å². The predicted octanol–water partition coefficient (Wildman–Crippen LogP) is 3.41. The Kier molecular flexibility index (Phi) is 6.85. The highest BCUT2D eigenvalue weighted by molar-refractivity contribution is 5.69. The van der Waals surface area contributed by atoms with Crippen molar-refractivity contribution in [3.05, 3.63) is 59.4 Å². The van der Waals surface area contributed by atoms with Crippen LogP contribution in [0.1, 0.15) is 43.7 Å². The molecule has 5 rings (SSSR count). The van der Waals surface area contributed by atoms with E-state index in [4.69, 9.17) is 24.4 Å². The maximum absolute atomic E-state index is 12.8. The van der Waals surface area contributed by atoms with Gasteiger partial charge in [-0.1, -0.05) is 30.3 Å². The molecule has 1 saturated heterocycles. The van der Waals surface area contributed by atoms with Gasteiger partial charge in [0.1, 0.15) is 11.4 Å². The topological polar surface area (TPSA) is 85.6 Å². The van der Waals surface area contributed by atoms with E-state index in [0.29, 0.717) is 44.4 Å². The number of hydrogen-bond acceptors (Lipinski definition) is 7. The number of aryl methyl sites for hydroxylation is 1. The van der Waals surface area contributed by atoms with Gasteiger partial charge in [0.25, 0.3) is 0 Å². The Balaban J connectivity index is 1.47. The number of amides is 1. The van der Waals surface area contributed by atoms with E-state index in [1.165, 1.54) is 0 Å². The van der Waals surface area contributed by atoms with E-state index in [0.717, 1.165) is 41.4 Å². The average molecular weight is 501 g/mol. The van der Waals surface area contributed by atoms with Crippen molar-refractivity contribution in [1.82, 2.24) is 24.4 Å². The van der Waals surface area contributed by atoms with Crippen molar-refractivity contribution in [2.24, 2.45) is 7.05 Å². The number of carbonyl (C=O) groups is 1. The summed E-state index contributed by atoms with van der Waals surface area (Å²) < 4.78 is 13.1. The van der Waals surface area contributed by atoms with Crippen molar-refractivity contribution in [3.8, 4) is 23.1 Å². The van der Waals surface area contributed by atoms with Gasteiger partial charge in [-0.2, -0.15) is 0 Å². The first kappa shape index (κ1) is 24.8. The van der Waals surface area contributed by atoms with Crippen LogP contribution < -0.4 is 4.90 Å². The summed E-state index contributed by atoms with van der Waals surface area (Å²) in [4.78, 5) is 31.0. The van der Waals surface area contributed by atoms with Gasteiger partial charge in [0.2, 0.25) is 5.82 Å². The summed E-state index contributed by atoms with van der Waals surface area (Å²) in [6.45, 7) is 9.35. The van der Waals surface area contributed by atoms with E-state index in [1.54, 1.807) is 4.90 Å². The third-order valence-corrected chi connectivity index (χ3v) is 6.24. The van der Waals surface area contributed by atoms with Gasteiger partial charge in [-0.15, -0.1) is 0 Å². The van der Waals surface area contributed by atoms with Gasteiger partial charge in [0.15, 0.2) is 5.82 Å². The molecule has 9 heteroatoms. The second-order valence-electron chi connectivity index (χ2n) is 10.2. The Morgan fingerprint density at radius 3 is 2.51 bits per heavy atom. The predicted molar refractivity (Wildman–Crippen MR) is 140 cm³/mol. The molecule has 3 aromatic rings. The van der Waals surface area contributed by atoms with E-state index in [1.807, 2.05) is 68.9 Å². The standard InChI is InChI=1S/C28H32N6O3/c1-28(2,3)37-27(35)34-13-12-21-23(19-34)29-24(31-26(21)33-14-16-36-17-15-33)10-11-25-30-22(18-32(25)4)20-8-6-5-7-9-20/h5-9,18H,12-17,19H2,1-4H3. The van der Waals surface area contributed by atoms with Crippen LogP contribution in [-0.4, -0.2) is 69.0 Å². The zero-order valence-corrected chi connectivity index (χ0v) is 21.8. The van der Waals surface area contributed by atoms with Crippen molar-refractivity contribution in [3.63, 3.8) is 0 Å². The molecule has 192 valence electrons. The fourth-order valence-corrected chi connectivity index (χ4v) is 4.43. The highest BCUT2D eigenvalue weighted by Crippen LogP contribution is 2.28. The number of benzene rings is 1. The molecule has 0 N–H and O–H groups in total. The number of rotatable bonds is 2. The lowest BCUT2D eigenvalue weighted by Gasteiger charge is -2.34. The summed E-state index contributed by atoms with van der Waals surface area (Å²) in [6, 6.07) is 10.0. The van der Waals surface area contributed by atoms with Crippen molar-refractivity contribution in [2.45, 2.75) is 39.3 Å². The smallest absolute Gasteiger partial charge is 0.410 e. The molecule has 1 aromatic carbocycles. The largest absolute Gasteiger partial charge is 0.444 e. The van der Waals surface area contributed by atoms with E-state index >= 15 is 0 Å². The van der Waals surface area contributed by atoms with Gasteiger partial charge in [-0.25, -0.2) is 19.7 Å². The quantitative estimate of drug-likeness (QED) is 0.499. The summed E-state index contributed by atoms with van der Waals surface area (Å²) in [7, 11) is 1.93. The fraction of sp³-hybridized carbons (Fsp3) is 0.429. The lowest BCUT2D eigenvalue weighted by molar-refractivity contribution is 0.0220. The van der Waals surface area contributed by atoms with Crippen molar-refractivity contribution in [1.29, 1.82) is 0 Å². The molecule has 1 amide bonds. The molecular weight excluding hydrogens is 468 g/mol. The SMILES string of the molecule is Cn1cc(-c2ccccc2)nc1C#Cc1nc2c(c(N3CCOCC3)n1)CCN(C(=O)OC(C)(C)C)C2. The molecule has 0 spiro atoms. The summed E-state index contributed by atoms with van der Waals surface area (Å²) in [5, 5.41) is 0. The normalized spacial score (nSPS) is 15.6. The van der Waals surface area contributed by atoms with Crippen LogP contribution in [0.4, 0.5) is 10.6 Å². The molecule has 0 saturated carbocycles. The number of carbonyl (C=O) groups excluding carboxylic acids is 1. The molecule has 2 aliphatic heterocycles. The Bertz CT molecular complexity index is 1340. The van der Waals surface area contributed by atoms with Gasteiger partial charge >= 0.3 is 6.09 Å². The summed E-state index contributed by atoms with van der Waals surface area (Å²) in [5.41, 5.74) is 3.21. The molecule has 0 aliphatic carbocycles. The van der Waals surface area contributed by atoms with Gasteiger partial charge in [0.05, 0.1) is 31.1 Å². The summed E-state index contributed by atoms with van der Waals surface area (Å²) in [5.74, 6) is 8.20. The maximum Gasteiger partial charge on any atom is 0.410 e. The number of aromatic nitrogens is 4. The minimum Gasteiger partial charge on any atom is -0.444 e. The summed E-state index contributed by atoms with van der Waals surface area (Å²) >= 11 is 0. The third-order valence-electron chi connectivity index (χ3n) is 6.24. The van der Waals surface area contributed by atoms with Gasteiger partial charge in [-0.05, 0) is 39.0 Å². The minimum atomic E-state index is -0.556. The van der Waals surface area contributed by atoms with Crippen LogP contribution in [0.15, 0.2) is 36.5 Å². The first-order chi connectivity index (χ1) is 17.8. The number of nitrogens with zero attached hydrogens (tertiary/aromatic N) is 6. The summed E-state index contributed by atoms with van der Waals surface area (Å²) in [6.07, 6.45) is 2.29. The maximum atomic E-state index is 12.8. The second-order valence-corrected chi connectivity index (χ2v) is 10.2. The molecule has 0 radical (unpaired) electrons. The Morgan fingerprint density at radius 2 is 1.78 bits per heavy atom. The number of anilines is 1. The number of hydrogen-bond donors (Lipinski definition) is 0. The molecular formula is C28H32N6O3. The van der Waals surface area contributed by atoms with Crippen molar-refractivity contribution < 1.29 is 14.3 Å². The van der Waals surface area contributed by atoms with Crippen LogP contribution >= 0.6 is 0 Å². The molecule has 2 aromatic heterocycles. The lowest BCUT2D eigenvalue weighted by Crippen LogP contribution is -2.42. The van der Waals surface area contributed by atoms with E-state index in [2.05, 4.69) is 16.7 Å². The highest BCUT2D eigenvalue weighted by Gasteiger charge is 2.30. The number of imidazole rings is 1. The molecule has 1 fully saturated rings. The zero-order chi connectivity index (χ0) is 26.0. The molecule has 0 unspecified atom stereocenters.